The summed E-state index contributed by atoms with van der Waals surface area (Å²) in [6.45, 7) is 0.415. The van der Waals surface area contributed by atoms with Gasteiger partial charge in [-0.3, -0.25) is 0 Å². The molecule has 1 aromatic carbocycles. The zero-order valence-corrected chi connectivity index (χ0v) is 24.1. The molecule has 196 valence electrons. The van der Waals surface area contributed by atoms with Gasteiger partial charge in [0.25, 0.3) is 0 Å². The van der Waals surface area contributed by atoms with Gasteiger partial charge in [0.2, 0.25) is 5.16 Å². The van der Waals surface area contributed by atoms with Gasteiger partial charge in [-0.15, -0.1) is 5.10 Å². The van der Waals surface area contributed by atoms with E-state index in [1.165, 1.54) is 16.4 Å². The molecule has 0 aliphatic heterocycles. The topological polar surface area (TPSA) is 115 Å². The van der Waals surface area contributed by atoms with Crippen molar-refractivity contribution in [1.82, 2.24) is 20.1 Å². The number of hydrogen-bond acceptors (Lipinski definition) is 10. The number of thioether (sulfide) groups is 1. The number of rotatable bonds is 16. The van der Waals surface area contributed by atoms with Crippen LogP contribution in [0.2, 0.25) is 12.1 Å². The second-order valence-electron chi connectivity index (χ2n) is 7.37. The van der Waals surface area contributed by atoms with E-state index in [-0.39, 0.29) is 6.03 Å². The molecule has 2 rings (SSSR count). The van der Waals surface area contributed by atoms with Gasteiger partial charge in [-0.25, -0.2) is 9.78 Å². The third-order valence-electron chi connectivity index (χ3n) is 5.47. The number of hydrogen-bond donors (Lipinski definition) is 1. The summed E-state index contributed by atoms with van der Waals surface area (Å²) in [5.41, 5.74) is 0.802. The summed E-state index contributed by atoms with van der Waals surface area (Å²) in [6.07, 6.45) is 1.42. The van der Waals surface area contributed by atoms with Crippen molar-refractivity contribution in [3.05, 3.63) is 30.3 Å². The Morgan fingerprint density at radius 3 is 1.97 bits per heavy atom. The minimum absolute atomic E-state index is 0.354. The summed E-state index contributed by atoms with van der Waals surface area (Å²) in [6, 6.07) is 10.4. The molecular weight excluding hydrogens is 508 g/mol. The molecule has 1 N–H and O–H groups in total. The molecule has 0 saturated carbocycles. The van der Waals surface area contributed by atoms with Gasteiger partial charge in [0.1, 0.15) is 0 Å². The summed E-state index contributed by atoms with van der Waals surface area (Å²) < 4.78 is 34.0. The van der Waals surface area contributed by atoms with Crippen LogP contribution in [0.5, 0.6) is 0 Å². The highest BCUT2D eigenvalue weighted by Crippen LogP contribution is 2.24. The second-order valence-corrected chi connectivity index (χ2v) is 14.6. The Kier molecular flexibility index (Phi) is 12.5. The first-order chi connectivity index (χ1) is 16.9. The first kappa shape index (κ1) is 29.6. The van der Waals surface area contributed by atoms with E-state index in [0.29, 0.717) is 36.0 Å². The summed E-state index contributed by atoms with van der Waals surface area (Å²) in [5, 5.41) is 7.88. The van der Waals surface area contributed by atoms with E-state index >= 15 is 0 Å². The van der Waals surface area contributed by atoms with E-state index in [9.17, 15) is 4.79 Å². The minimum Gasteiger partial charge on any atom is -0.377 e. The van der Waals surface area contributed by atoms with Crippen molar-refractivity contribution in [1.29, 1.82) is 0 Å². The minimum atomic E-state index is -2.68. The lowest BCUT2D eigenvalue weighted by atomic mass is 10.2. The highest BCUT2D eigenvalue weighted by molar-refractivity contribution is 7.99. The molecule has 0 spiro atoms. The molecule has 0 radical (unpaired) electrons. The van der Waals surface area contributed by atoms with Gasteiger partial charge in [0, 0.05) is 72.6 Å². The molecule has 2 aromatic rings. The number of amides is 1. The van der Waals surface area contributed by atoms with Gasteiger partial charge in [-0.05, 0) is 12.8 Å². The smallest absolute Gasteiger partial charge is 0.377 e. The summed E-state index contributed by atoms with van der Waals surface area (Å²) in [4.78, 5) is 17.6. The monoisotopic (exact) mass is 544 g/mol. The van der Waals surface area contributed by atoms with Crippen molar-refractivity contribution in [3.8, 4) is 11.4 Å². The van der Waals surface area contributed by atoms with Crippen molar-refractivity contribution in [2.24, 2.45) is 0 Å². The lowest BCUT2D eigenvalue weighted by Crippen LogP contribution is -2.43. The van der Waals surface area contributed by atoms with Crippen LogP contribution in [-0.4, -0.2) is 93.4 Å². The van der Waals surface area contributed by atoms with E-state index in [1.807, 2.05) is 30.3 Å². The van der Waals surface area contributed by atoms with Gasteiger partial charge >= 0.3 is 23.6 Å². The van der Waals surface area contributed by atoms with E-state index in [2.05, 4.69) is 15.4 Å². The molecule has 1 aromatic heterocycles. The van der Waals surface area contributed by atoms with Crippen LogP contribution in [0.3, 0.4) is 0 Å². The molecular formula is C21H36N4O7SSi2. The fraction of sp³-hybridized carbons (Fsp3) is 0.571. The maximum atomic E-state index is 13.0. The molecule has 14 heteroatoms. The first-order valence-corrected chi connectivity index (χ1v) is 16.0. The number of benzene rings is 1. The van der Waals surface area contributed by atoms with Gasteiger partial charge < -0.3 is 31.9 Å². The molecule has 1 amide bonds. The highest BCUT2D eigenvalue weighted by Gasteiger charge is 2.37. The lowest BCUT2D eigenvalue weighted by molar-refractivity contribution is 0.122. The molecule has 1 heterocycles. The zero-order chi connectivity index (χ0) is 25.7. The Morgan fingerprint density at radius 2 is 1.43 bits per heavy atom. The quantitative estimate of drug-likeness (QED) is 0.192. The molecule has 0 bridgehead atoms. The number of nitrogens with one attached hydrogen (secondary N) is 1. The van der Waals surface area contributed by atoms with Crippen LogP contribution in [0.15, 0.2) is 35.5 Å². The van der Waals surface area contributed by atoms with Crippen LogP contribution in [0.1, 0.15) is 12.8 Å². The fourth-order valence-electron chi connectivity index (χ4n) is 3.41. The van der Waals surface area contributed by atoms with Crippen LogP contribution in [-0.2, 0) is 26.6 Å². The third kappa shape index (κ3) is 8.19. The molecule has 11 nitrogen and oxygen atoms in total. The van der Waals surface area contributed by atoms with Crippen molar-refractivity contribution >= 4 is 35.4 Å². The Morgan fingerprint density at radius 1 is 0.886 bits per heavy atom. The second kappa shape index (κ2) is 14.8. The maximum absolute atomic E-state index is 13.0. The average molecular weight is 545 g/mol. The molecule has 0 atom stereocenters. The van der Waals surface area contributed by atoms with Gasteiger partial charge in [-0.1, -0.05) is 42.1 Å². The molecule has 35 heavy (non-hydrogen) atoms. The lowest BCUT2D eigenvalue weighted by Gasteiger charge is -2.24. The van der Waals surface area contributed by atoms with Crippen LogP contribution in [0.25, 0.3) is 11.4 Å². The van der Waals surface area contributed by atoms with Crippen LogP contribution in [0, 0.1) is 0 Å². The first-order valence-electron chi connectivity index (χ1n) is 11.2. The number of carbonyl (C=O) groups is 1. The van der Waals surface area contributed by atoms with Gasteiger partial charge in [-0.2, -0.15) is 4.68 Å². The Labute approximate surface area is 213 Å². The predicted octanol–water partition coefficient (Wildman–Crippen LogP) is 3.13. The predicted molar refractivity (Wildman–Crippen MR) is 137 cm³/mol. The van der Waals surface area contributed by atoms with Gasteiger partial charge in [0.05, 0.1) is 0 Å². The summed E-state index contributed by atoms with van der Waals surface area (Å²) >= 11 is 1.47. The van der Waals surface area contributed by atoms with Crippen molar-refractivity contribution in [2.75, 3.05) is 55.0 Å². The Bertz CT molecular complexity index is 883. The average Bonchev–Trinajstić information content (AvgIpc) is 3.34. The van der Waals surface area contributed by atoms with Crippen LogP contribution < -0.4 is 5.32 Å². The largest absolute Gasteiger partial charge is 0.500 e. The Hall–Kier alpha value is -1.63. The van der Waals surface area contributed by atoms with Crippen LogP contribution >= 0.6 is 11.8 Å². The third-order valence-corrected chi connectivity index (χ3v) is 12.1. The number of nitrogens with zero attached hydrogens (tertiary/aromatic N) is 3. The van der Waals surface area contributed by atoms with E-state index < -0.39 is 17.6 Å². The summed E-state index contributed by atoms with van der Waals surface area (Å²) in [7, 11) is 4.21. The van der Waals surface area contributed by atoms with E-state index in [4.69, 9.17) is 26.6 Å². The van der Waals surface area contributed by atoms with Crippen molar-refractivity contribution in [2.45, 2.75) is 30.1 Å². The van der Waals surface area contributed by atoms with Crippen LogP contribution in [0.4, 0.5) is 4.79 Å². The molecule has 0 fully saturated rings. The van der Waals surface area contributed by atoms with E-state index in [1.54, 1.807) is 42.7 Å². The molecule has 0 aliphatic rings. The zero-order valence-electron chi connectivity index (χ0n) is 21.2. The standard InChI is InChI=1S/C21H36N4O7SSi2/c1-27-34(28-2,29-3)16-10-14-22-21(26)25-19(18-12-8-7-9-13-18)23-20(24-25)33-15-11-17-35(30-4,31-5)32-6/h7-9,12-13H,10-11,14-17H2,1-6H3,(H,22,26). The fourth-order valence-corrected chi connectivity index (χ4v) is 7.87. The normalized spacial score (nSPS) is 12.2. The SMILES string of the molecule is CO[Si](CCCNC(=O)n1nc(SCCC[Si](OC)(OC)OC)nc1-c1ccccc1)(OC)OC. The molecule has 0 unspecified atom stereocenters. The maximum Gasteiger partial charge on any atom is 0.500 e. The van der Waals surface area contributed by atoms with E-state index in [0.717, 1.165) is 17.7 Å². The highest BCUT2D eigenvalue weighted by atomic mass is 32.2. The molecule has 0 aliphatic carbocycles. The Balaban J connectivity index is 2.04. The number of aromatic nitrogens is 3. The van der Waals surface area contributed by atoms with Gasteiger partial charge in [0.15, 0.2) is 5.82 Å². The number of carbonyl (C=O) groups excluding carboxylic acids is 1. The van der Waals surface area contributed by atoms with Crippen molar-refractivity contribution in [3.63, 3.8) is 0 Å². The summed E-state index contributed by atoms with van der Waals surface area (Å²) in [5.74, 6) is 1.21. The van der Waals surface area contributed by atoms with Crippen molar-refractivity contribution < 1.29 is 31.4 Å². The molecule has 0 saturated heterocycles.